The van der Waals surface area contributed by atoms with E-state index in [1.54, 1.807) is 12.4 Å². The van der Waals surface area contributed by atoms with Gasteiger partial charge in [-0.3, -0.25) is 4.98 Å². The number of benzene rings is 1. The van der Waals surface area contributed by atoms with Crippen LogP contribution in [-0.4, -0.2) is 41.9 Å². The Labute approximate surface area is 178 Å². The SMILES string of the molecule is Nc1nc2cc(CC[C@H]3C[C@@H](n4ccc5nccnc54)[C@H](O)[C@@H]3O)ccc2cc1Cl. The van der Waals surface area contributed by atoms with Crippen molar-refractivity contribution in [3.63, 3.8) is 0 Å². The van der Waals surface area contributed by atoms with Gasteiger partial charge in [-0.25, -0.2) is 9.97 Å². The Bertz CT molecular complexity index is 1230. The summed E-state index contributed by atoms with van der Waals surface area (Å²) in [5.74, 6) is 0.304. The second kappa shape index (κ2) is 7.50. The number of hydrogen-bond donors (Lipinski definition) is 3. The molecule has 3 aromatic heterocycles. The van der Waals surface area contributed by atoms with E-state index in [0.29, 0.717) is 17.3 Å². The first kappa shape index (κ1) is 19.2. The number of rotatable bonds is 4. The molecular formula is C22H22ClN5O2. The third-order valence-electron chi connectivity index (χ3n) is 6.14. The van der Waals surface area contributed by atoms with Gasteiger partial charge < -0.3 is 20.5 Å². The van der Waals surface area contributed by atoms with Crippen molar-refractivity contribution in [2.45, 2.75) is 37.5 Å². The van der Waals surface area contributed by atoms with Gasteiger partial charge in [0.1, 0.15) is 17.4 Å². The zero-order chi connectivity index (χ0) is 20.8. The Hall–Kier alpha value is -2.74. The van der Waals surface area contributed by atoms with Crippen LogP contribution in [0.4, 0.5) is 5.82 Å². The number of hydrogen-bond acceptors (Lipinski definition) is 6. The van der Waals surface area contributed by atoms with Crippen LogP contribution in [0.5, 0.6) is 0 Å². The molecule has 5 rings (SSSR count). The summed E-state index contributed by atoms with van der Waals surface area (Å²) in [5, 5.41) is 22.8. The Morgan fingerprint density at radius 2 is 1.90 bits per heavy atom. The number of aryl methyl sites for hydroxylation is 1. The summed E-state index contributed by atoms with van der Waals surface area (Å²) in [5.41, 5.74) is 9.25. The number of aromatic nitrogens is 4. The molecule has 0 saturated heterocycles. The van der Waals surface area contributed by atoms with E-state index in [9.17, 15) is 10.2 Å². The molecule has 0 amide bonds. The maximum Gasteiger partial charge on any atom is 0.158 e. The minimum absolute atomic E-state index is 0.0157. The summed E-state index contributed by atoms with van der Waals surface area (Å²) in [6.07, 6.45) is 5.76. The molecule has 0 spiro atoms. The molecule has 1 aromatic carbocycles. The fraction of sp³-hybridized carbons (Fsp3) is 0.318. The molecule has 8 heteroatoms. The number of nitrogens with zero attached hydrogens (tertiary/aromatic N) is 4. The normalized spacial score (nSPS) is 24.1. The number of aliphatic hydroxyl groups is 2. The van der Waals surface area contributed by atoms with E-state index in [4.69, 9.17) is 17.3 Å². The summed E-state index contributed by atoms with van der Waals surface area (Å²) < 4.78 is 1.93. The van der Waals surface area contributed by atoms with Crippen LogP contribution in [0.25, 0.3) is 22.1 Å². The first-order valence-corrected chi connectivity index (χ1v) is 10.4. The lowest BCUT2D eigenvalue weighted by atomic mass is 9.95. The predicted octanol–water partition coefficient (Wildman–Crippen LogP) is 3.13. The fourth-order valence-electron chi connectivity index (χ4n) is 4.52. The molecule has 0 radical (unpaired) electrons. The van der Waals surface area contributed by atoms with Crippen molar-refractivity contribution >= 4 is 39.5 Å². The Morgan fingerprint density at radius 1 is 1.07 bits per heavy atom. The Morgan fingerprint density at radius 3 is 2.77 bits per heavy atom. The maximum absolute atomic E-state index is 10.7. The van der Waals surface area contributed by atoms with Crippen LogP contribution in [0.1, 0.15) is 24.4 Å². The Kier molecular flexibility index (Phi) is 4.81. The average Bonchev–Trinajstić information content (AvgIpc) is 3.29. The van der Waals surface area contributed by atoms with Crippen LogP contribution in [0, 0.1) is 5.92 Å². The van der Waals surface area contributed by atoms with Gasteiger partial charge in [0, 0.05) is 24.0 Å². The van der Waals surface area contributed by atoms with Gasteiger partial charge in [0.15, 0.2) is 5.65 Å². The second-order valence-electron chi connectivity index (χ2n) is 7.95. The van der Waals surface area contributed by atoms with E-state index in [-0.39, 0.29) is 12.0 Å². The average molecular weight is 424 g/mol. The summed E-state index contributed by atoms with van der Waals surface area (Å²) in [4.78, 5) is 13.0. The lowest BCUT2D eigenvalue weighted by molar-refractivity contribution is 0.00545. The molecule has 0 unspecified atom stereocenters. The zero-order valence-electron chi connectivity index (χ0n) is 16.2. The number of aliphatic hydroxyl groups excluding tert-OH is 2. The van der Waals surface area contributed by atoms with E-state index in [1.165, 1.54) is 0 Å². The highest BCUT2D eigenvalue weighted by atomic mass is 35.5. The summed E-state index contributed by atoms with van der Waals surface area (Å²) in [7, 11) is 0. The van der Waals surface area contributed by atoms with Crippen LogP contribution in [0.15, 0.2) is 48.9 Å². The first-order valence-electron chi connectivity index (χ1n) is 9.99. The highest BCUT2D eigenvalue weighted by Crippen LogP contribution is 2.39. The highest BCUT2D eigenvalue weighted by Gasteiger charge is 2.42. The molecule has 4 aromatic rings. The molecule has 3 heterocycles. The van der Waals surface area contributed by atoms with Crippen LogP contribution in [-0.2, 0) is 6.42 Å². The molecule has 4 N–H and O–H groups in total. The van der Waals surface area contributed by atoms with Crippen molar-refractivity contribution in [3.05, 3.63) is 59.5 Å². The highest BCUT2D eigenvalue weighted by molar-refractivity contribution is 6.33. The summed E-state index contributed by atoms with van der Waals surface area (Å²) >= 11 is 6.05. The fourth-order valence-corrected chi connectivity index (χ4v) is 4.68. The number of anilines is 1. The lowest BCUT2D eigenvalue weighted by Crippen LogP contribution is -2.29. The molecule has 154 valence electrons. The standard InChI is InChI=1S/C22H22ClN5O2/c23-15-10-13-3-1-12(9-17(13)27-21(15)24)2-4-14-11-18(20(30)19(14)29)28-8-5-16-22(28)26-7-6-25-16/h1,3,5-10,14,18-20,29-30H,2,4,11H2,(H2,24,27)/t14-,18+,19+,20-/m0/s1. The van der Waals surface area contributed by atoms with Crippen LogP contribution in [0.2, 0.25) is 5.02 Å². The van der Waals surface area contributed by atoms with E-state index < -0.39 is 12.2 Å². The maximum atomic E-state index is 10.7. The third kappa shape index (κ3) is 3.29. The van der Waals surface area contributed by atoms with Crippen molar-refractivity contribution < 1.29 is 10.2 Å². The Balaban J connectivity index is 1.33. The molecule has 1 aliphatic rings. The van der Waals surface area contributed by atoms with Crippen LogP contribution in [0.3, 0.4) is 0 Å². The number of nitrogen functional groups attached to an aromatic ring is 1. The van der Waals surface area contributed by atoms with Crippen molar-refractivity contribution in [1.82, 2.24) is 19.5 Å². The minimum Gasteiger partial charge on any atom is -0.390 e. The number of halogens is 1. The smallest absolute Gasteiger partial charge is 0.158 e. The van der Waals surface area contributed by atoms with Gasteiger partial charge in [-0.15, -0.1) is 0 Å². The molecule has 1 aliphatic carbocycles. The predicted molar refractivity (Wildman–Crippen MR) is 116 cm³/mol. The number of fused-ring (bicyclic) bond motifs is 2. The van der Waals surface area contributed by atoms with Crippen LogP contribution < -0.4 is 5.73 Å². The van der Waals surface area contributed by atoms with Gasteiger partial charge in [-0.05, 0) is 48.9 Å². The van der Waals surface area contributed by atoms with E-state index in [1.807, 2.05) is 41.1 Å². The van der Waals surface area contributed by atoms with Crippen molar-refractivity contribution in [3.8, 4) is 0 Å². The van der Waals surface area contributed by atoms with Crippen molar-refractivity contribution in [1.29, 1.82) is 0 Å². The minimum atomic E-state index is -0.840. The summed E-state index contributed by atoms with van der Waals surface area (Å²) in [6, 6.07) is 9.51. The lowest BCUT2D eigenvalue weighted by Gasteiger charge is -2.18. The van der Waals surface area contributed by atoms with Crippen molar-refractivity contribution in [2.24, 2.45) is 5.92 Å². The van der Waals surface area contributed by atoms with Gasteiger partial charge in [-0.2, -0.15) is 0 Å². The van der Waals surface area contributed by atoms with Crippen LogP contribution >= 0.6 is 11.6 Å². The van der Waals surface area contributed by atoms with E-state index in [2.05, 4.69) is 15.0 Å². The monoisotopic (exact) mass is 423 g/mol. The molecule has 30 heavy (non-hydrogen) atoms. The molecule has 4 atom stereocenters. The molecule has 0 bridgehead atoms. The topological polar surface area (TPSA) is 110 Å². The summed E-state index contributed by atoms with van der Waals surface area (Å²) in [6.45, 7) is 0. The number of nitrogens with two attached hydrogens (primary N) is 1. The largest absolute Gasteiger partial charge is 0.390 e. The molecule has 0 aliphatic heterocycles. The van der Waals surface area contributed by atoms with Gasteiger partial charge in [0.25, 0.3) is 0 Å². The number of pyridine rings is 1. The molecule has 1 fully saturated rings. The quantitative estimate of drug-likeness (QED) is 0.465. The van der Waals surface area contributed by atoms with Gasteiger partial charge in [0.05, 0.1) is 22.7 Å². The zero-order valence-corrected chi connectivity index (χ0v) is 16.9. The third-order valence-corrected chi connectivity index (χ3v) is 6.44. The molecule has 7 nitrogen and oxygen atoms in total. The van der Waals surface area contributed by atoms with Gasteiger partial charge in [-0.1, -0.05) is 23.7 Å². The van der Waals surface area contributed by atoms with Crippen molar-refractivity contribution in [2.75, 3.05) is 5.73 Å². The second-order valence-corrected chi connectivity index (χ2v) is 8.36. The van der Waals surface area contributed by atoms with Gasteiger partial charge in [0.2, 0.25) is 0 Å². The molecule has 1 saturated carbocycles. The van der Waals surface area contributed by atoms with E-state index in [0.717, 1.165) is 40.5 Å². The van der Waals surface area contributed by atoms with E-state index >= 15 is 0 Å². The molecular weight excluding hydrogens is 402 g/mol. The first-order chi connectivity index (χ1) is 14.5. The van der Waals surface area contributed by atoms with Gasteiger partial charge >= 0.3 is 0 Å².